The standard InChI is InChI=1S/C58H62F3N9O6S2/c1-34(2)51(49-27-35(3)65-76-49)54(74)68-32-45(71)29-48(68)53(73)64-47(39-11-13-40(14-12-39)52-36(4)63-33-78-52)30-50(72)67-25-21-42(22-26-67)66-23-19-38(20-24-66)8-7-37-9-16-43(17-10-37)70-56(77)69(55(75)57(70,5)6)44-18-15-41(31-62)46(28-44)58(59,60)61/h9-18,27-28,33-34,38,42,45,47-48,51,71H,19-26,29-30,32H2,1-6H3,(H,64,73). The van der Waals surface area contributed by atoms with Crippen LogP contribution in [0, 0.1) is 48.9 Å². The lowest BCUT2D eigenvalue weighted by Crippen LogP contribution is -2.50. The number of carbonyl (C=O) groups is 4. The third kappa shape index (κ3) is 11.6. The van der Waals surface area contributed by atoms with Crippen molar-refractivity contribution < 1.29 is 42.0 Å². The average molecular weight is 1100 g/mol. The van der Waals surface area contributed by atoms with E-state index >= 15 is 0 Å². The van der Waals surface area contributed by atoms with Gasteiger partial charge in [0.2, 0.25) is 17.7 Å². The topological polar surface area (TPSA) is 179 Å². The third-order valence-electron chi connectivity index (χ3n) is 15.5. The van der Waals surface area contributed by atoms with Gasteiger partial charge in [-0.3, -0.25) is 24.1 Å². The lowest BCUT2D eigenvalue weighted by atomic mass is 9.91. The first kappa shape index (κ1) is 55.8. The van der Waals surface area contributed by atoms with Crippen LogP contribution in [0.3, 0.4) is 0 Å². The fourth-order valence-electron chi connectivity index (χ4n) is 11.2. The van der Waals surface area contributed by atoms with Gasteiger partial charge in [-0.25, -0.2) is 4.98 Å². The molecule has 4 saturated heterocycles. The number of nitrogens with one attached hydrogen (secondary N) is 1. The van der Waals surface area contributed by atoms with E-state index in [1.807, 2.05) is 62.1 Å². The molecule has 20 heteroatoms. The quantitative estimate of drug-likeness (QED) is 0.0897. The lowest BCUT2D eigenvalue weighted by molar-refractivity contribution is -0.141. The lowest BCUT2D eigenvalue weighted by Gasteiger charge is -2.41. The minimum atomic E-state index is -4.80. The van der Waals surface area contributed by atoms with E-state index in [0.717, 1.165) is 83.1 Å². The first-order chi connectivity index (χ1) is 37.1. The number of likely N-dealkylation sites (tertiary alicyclic amines) is 3. The highest BCUT2D eigenvalue weighted by molar-refractivity contribution is 7.81. The molecule has 9 rings (SSSR count). The molecule has 4 atom stereocenters. The number of amides is 4. The molecule has 3 aromatic carbocycles. The van der Waals surface area contributed by atoms with Gasteiger partial charge in [0, 0.05) is 55.3 Å². The number of hydrogen-bond donors (Lipinski definition) is 2. The van der Waals surface area contributed by atoms with E-state index < -0.39 is 58.8 Å². The number of carbonyl (C=O) groups excluding carboxylic acids is 4. The molecule has 0 saturated carbocycles. The molecule has 0 aliphatic carbocycles. The molecule has 4 aliphatic rings. The van der Waals surface area contributed by atoms with Crippen LogP contribution in [0.25, 0.3) is 10.4 Å². The van der Waals surface area contributed by atoms with Crippen LogP contribution in [0.4, 0.5) is 24.5 Å². The molecule has 0 radical (unpaired) electrons. The van der Waals surface area contributed by atoms with Gasteiger partial charge < -0.3 is 34.5 Å². The van der Waals surface area contributed by atoms with E-state index in [1.165, 1.54) is 22.3 Å². The van der Waals surface area contributed by atoms with E-state index in [1.54, 1.807) is 55.4 Å². The molecule has 408 valence electrons. The number of nitrogens with zero attached hydrogens (tertiary/aromatic N) is 8. The van der Waals surface area contributed by atoms with Crippen LogP contribution >= 0.6 is 23.6 Å². The molecule has 6 heterocycles. The van der Waals surface area contributed by atoms with Gasteiger partial charge in [0.05, 0.1) is 63.2 Å². The van der Waals surface area contributed by atoms with Crippen molar-refractivity contribution in [2.45, 2.75) is 122 Å². The Hall–Kier alpha value is -6.97. The van der Waals surface area contributed by atoms with Crippen molar-refractivity contribution in [1.29, 1.82) is 5.26 Å². The second-order valence-corrected chi connectivity index (χ2v) is 22.8. The molecule has 0 bridgehead atoms. The molecule has 2 N–H and O–H groups in total. The molecule has 4 aliphatic heterocycles. The molecule has 4 unspecified atom stereocenters. The molecule has 4 fully saturated rings. The normalized spacial score (nSPS) is 20.2. The number of β-amino-alcohol motifs (C(OH)–C–C–N with tert-alkyl or cyclic N) is 1. The summed E-state index contributed by atoms with van der Waals surface area (Å²) in [6, 6.07) is 20.1. The van der Waals surface area contributed by atoms with Crippen molar-refractivity contribution in [2.75, 3.05) is 42.5 Å². The zero-order valence-electron chi connectivity index (χ0n) is 44.3. The number of benzene rings is 3. The summed E-state index contributed by atoms with van der Waals surface area (Å²) in [5.41, 5.74) is 3.41. The second-order valence-electron chi connectivity index (χ2n) is 21.5. The van der Waals surface area contributed by atoms with Gasteiger partial charge in [-0.1, -0.05) is 55.1 Å². The van der Waals surface area contributed by atoms with Gasteiger partial charge in [0.15, 0.2) is 5.11 Å². The first-order valence-corrected chi connectivity index (χ1v) is 27.6. The van der Waals surface area contributed by atoms with Crippen molar-refractivity contribution in [3.05, 3.63) is 118 Å². The smallest absolute Gasteiger partial charge is 0.391 e. The Labute approximate surface area is 461 Å². The number of aliphatic hydroxyl groups excluding tert-OH is 1. The van der Waals surface area contributed by atoms with Gasteiger partial charge in [-0.2, -0.15) is 18.4 Å². The van der Waals surface area contributed by atoms with E-state index in [0.29, 0.717) is 36.3 Å². The summed E-state index contributed by atoms with van der Waals surface area (Å²) < 4.78 is 47.0. The van der Waals surface area contributed by atoms with Crippen LogP contribution in [-0.4, -0.2) is 115 Å². The number of aliphatic hydroxyl groups is 1. The Morgan fingerprint density at radius 1 is 0.962 bits per heavy atom. The van der Waals surface area contributed by atoms with Gasteiger partial charge in [0.25, 0.3) is 5.91 Å². The molecule has 5 aromatic rings. The van der Waals surface area contributed by atoms with E-state index in [-0.39, 0.29) is 53.8 Å². The minimum absolute atomic E-state index is 0.00813. The van der Waals surface area contributed by atoms with Crippen molar-refractivity contribution >= 4 is 63.7 Å². The van der Waals surface area contributed by atoms with Crippen LogP contribution in [0.2, 0.25) is 0 Å². The van der Waals surface area contributed by atoms with Crippen molar-refractivity contribution in [3.8, 4) is 28.4 Å². The fraction of sp³-hybridized carbons (Fsp3) is 0.448. The molecular weight excluding hydrogens is 1040 g/mol. The Bertz CT molecular complexity index is 3180. The van der Waals surface area contributed by atoms with Crippen molar-refractivity contribution in [3.63, 3.8) is 0 Å². The Kier molecular flexibility index (Phi) is 16.3. The van der Waals surface area contributed by atoms with E-state index in [2.05, 4.69) is 32.2 Å². The first-order valence-electron chi connectivity index (χ1n) is 26.3. The number of hydrogen-bond acceptors (Lipinski definition) is 12. The largest absolute Gasteiger partial charge is 0.417 e. The van der Waals surface area contributed by atoms with Crippen LogP contribution in [0.15, 0.2) is 82.8 Å². The predicted octanol–water partition coefficient (Wildman–Crippen LogP) is 8.93. The number of halogens is 3. The number of piperidine rings is 2. The average Bonchev–Trinajstić information content (AvgIpc) is 4.40. The fourth-order valence-corrected chi connectivity index (χ4v) is 12.6. The summed E-state index contributed by atoms with van der Waals surface area (Å²) >= 11 is 7.24. The highest BCUT2D eigenvalue weighted by Crippen LogP contribution is 2.40. The maximum atomic E-state index is 14.4. The highest BCUT2D eigenvalue weighted by Gasteiger charge is 2.51. The maximum absolute atomic E-state index is 14.4. The summed E-state index contributed by atoms with van der Waals surface area (Å²) in [5, 5.41) is 27.3. The van der Waals surface area contributed by atoms with Crippen LogP contribution < -0.4 is 15.1 Å². The number of rotatable bonds is 12. The highest BCUT2D eigenvalue weighted by atomic mass is 32.1. The van der Waals surface area contributed by atoms with E-state index in [4.69, 9.17) is 16.7 Å². The maximum Gasteiger partial charge on any atom is 0.417 e. The SMILES string of the molecule is Cc1cc(C(C(=O)N2CC(O)CC2C(=O)NC(CC(=O)N2CCC(N3CCC(C#Cc4ccc(N5C(=S)N(c6ccc(C#N)c(C(F)(F)F)c6)C(=O)C5(C)C)cc4)CC3)CC2)c2ccc(-c3scnc3C)cc2)C(C)C)on1. The van der Waals surface area contributed by atoms with Crippen LogP contribution in [0.1, 0.15) is 118 Å². The number of aromatic nitrogens is 2. The van der Waals surface area contributed by atoms with Crippen LogP contribution in [0.5, 0.6) is 0 Å². The van der Waals surface area contributed by atoms with Gasteiger partial charge in [0.1, 0.15) is 23.3 Å². The summed E-state index contributed by atoms with van der Waals surface area (Å²) in [7, 11) is 0. The van der Waals surface area contributed by atoms with Gasteiger partial charge in [-0.05, 0) is 138 Å². The molecule has 15 nitrogen and oxygen atoms in total. The summed E-state index contributed by atoms with van der Waals surface area (Å²) in [4.78, 5) is 70.5. The second kappa shape index (κ2) is 22.8. The third-order valence-corrected chi connectivity index (χ3v) is 16.9. The number of anilines is 2. The predicted molar refractivity (Wildman–Crippen MR) is 293 cm³/mol. The van der Waals surface area contributed by atoms with Gasteiger partial charge >= 0.3 is 6.18 Å². The molecule has 78 heavy (non-hydrogen) atoms. The number of nitriles is 1. The van der Waals surface area contributed by atoms with Crippen molar-refractivity contribution in [2.24, 2.45) is 11.8 Å². The zero-order valence-corrected chi connectivity index (χ0v) is 46.0. The molecule has 4 amide bonds. The number of thiazole rings is 1. The Morgan fingerprint density at radius 2 is 1.64 bits per heavy atom. The molecular formula is C58H62F3N9O6S2. The van der Waals surface area contributed by atoms with Gasteiger partial charge in [-0.15, -0.1) is 11.3 Å². The number of thiocarbonyl (C=S) groups is 1. The van der Waals surface area contributed by atoms with E-state index in [9.17, 15) is 42.7 Å². The summed E-state index contributed by atoms with van der Waals surface area (Å²) in [6.07, 6.45) is -2.28. The Morgan fingerprint density at radius 3 is 2.24 bits per heavy atom. The minimum Gasteiger partial charge on any atom is -0.391 e. The zero-order chi connectivity index (χ0) is 55.8. The van der Waals surface area contributed by atoms with Crippen LogP contribution in [-0.2, 0) is 25.4 Å². The van der Waals surface area contributed by atoms with Crippen molar-refractivity contribution in [1.82, 2.24) is 30.2 Å². The summed E-state index contributed by atoms with van der Waals surface area (Å²) in [5.74, 6) is 5.08. The summed E-state index contributed by atoms with van der Waals surface area (Å²) in [6.45, 7) is 13.7. The number of alkyl halides is 3. The number of aryl methyl sites for hydroxylation is 2. The molecule has 2 aromatic heterocycles. The monoisotopic (exact) mass is 1100 g/mol. The Balaban J connectivity index is 0.802. The molecule has 0 spiro atoms.